The van der Waals surface area contributed by atoms with E-state index in [1.165, 1.54) is 218 Å². The van der Waals surface area contributed by atoms with Crippen LogP contribution in [-0.4, -0.2) is 37.2 Å². The fourth-order valence-electron chi connectivity index (χ4n) is 9.57. The van der Waals surface area contributed by atoms with Gasteiger partial charge < -0.3 is 14.2 Å². The zero-order valence-corrected chi connectivity index (χ0v) is 50.1. The third-order valence-electron chi connectivity index (χ3n) is 14.5. The van der Waals surface area contributed by atoms with Gasteiger partial charge in [0, 0.05) is 19.3 Å². The minimum Gasteiger partial charge on any atom is -0.462 e. The SMILES string of the molecule is CC/C=C\C/C=C\C/C=C\CCCCCC(=O)OCC(COC(=O)CCCCCCCCCCCCCCCCC/C=C\CCCCCCCCCC)OC(=O)CCCCCCCCC/C=C\CCCCCCCC. The molecule has 1 atom stereocenters. The van der Waals surface area contributed by atoms with Crippen LogP contribution in [0.2, 0.25) is 0 Å². The number of unbranched alkanes of at least 4 members (excludes halogenated alkanes) is 39. The third-order valence-corrected chi connectivity index (χ3v) is 14.5. The highest BCUT2D eigenvalue weighted by molar-refractivity contribution is 5.71. The van der Waals surface area contributed by atoms with E-state index in [2.05, 4.69) is 81.5 Å². The van der Waals surface area contributed by atoms with Crippen LogP contribution in [0.25, 0.3) is 0 Å². The van der Waals surface area contributed by atoms with E-state index in [9.17, 15) is 14.4 Å². The summed E-state index contributed by atoms with van der Waals surface area (Å²) >= 11 is 0. The molecule has 0 N–H and O–H groups in total. The first-order valence-corrected chi connectivity index (χ1v) is 32.8. The molecule has 75 heavy (non-hydrogen) atoms. The number of rotatable bonds is 60. The summed E-state index contributed by atoms with van der Waals surface area (Å²) in [6, 6.07) is 0. The fourth-order valence-corrected chi connectivity index (χ4v) is 9.57. The van der Waals surface area contributed by atoms with Crippen LogP contribution >= 0.6 is 0 Å². The minimum absolute atomic E-state index is 0.0830. The Labute approximate surface area is 466 Å². The topological polar surface area (TPSA) is 78.9 Å². The van der Waals surface area contributed by atoms with E-state index in [4.69, 9.17) is 14.2 Å². The lowest BCUT2D eigenvalue weighted by atomic mass is 10.0. The van der Waals surface area contributed by atoms with Crippen molar-refractivity contribution in [2.45, 2.75) is 348 Å². The van der Waals surface area contributed by atoms with E-state index in [-0.39, 0.29) is 31.1 Å². The third kappa shape index (κ3) is 61.8. The Morgan fingerprint density at radius 3 is 0.840 bits per heavy atom. The highest BCUT2D eigenvalue weighted by Gasteiger charge is 2.19. The number of hydrogen-bond acceptors (Lipinski definition) is 6. The van der Waals surface area contributed by atoms with Crippen molar-refractivity contribution in [3.8, 4) is 0 Å². The molecule has 1 unspecified atom stereocenters. The molecule has 0 fully saturated rings. The second-order valence-electron chi connectivity index (χ2n) is 22.0. The zero-order chi connectivity index (χ0) is 54.3. The summed E-state index contributed by atoms with van der Waals surface area (Å²) in [6.07, 6.45) is 81.0. The van der Waals surface area contributed by atoms with Gasteiger partial charge in [-0.25, -0.2) is 0 Å². The van der Waals surface area contributed by atoms with Gasteiger partial charge in [0.05, 0.1) is 0 Å². The summed E-state index contributed by atoms with van der Waals surface area (Å²) in [5.74, 6) is -0.901. The Bertz CT molecular complexity index is 1340. The van der Waals surface area contributed by atoms with Crippen molar-refractivity contribution in [2.75, 3.05) is 13.2 Å². The maximum absolute atomic E-state index is 12.9. The van der Waals surface area contributed by atoms with Gasteiger partial charge in [-0.1, -0.05) is 281 Å². The minimum atomic E-state index is -0.788. The molecule has 436 valence electrons. The largest absolute Gasteiger partial charge is 0.462 e. The molecule has 6 nitrogen and oxygen atoms in total. The number of esters is 3. The van der Waals surface area contributed by atoms with Crippen LogP contribution in [0.5, 0.6) is 0 Å². The van der Waals surface area contributed by atoms with Crippen molar-refractivity contribution in [3.05, 3.63) is 60.8 Å². The molecule has 0 amide bonds. The number of carbonyl (C=O) groups is 3. The van der Waals surface area contributed by atoms with Gasteiger partial charge in [-0.05, 0) is 103 Å². The first-order chi connectivity index (χ1) is 37.0. The molecule has 0 aromatic heterocycles. The monoisotopic (exact) mass is 1050 g/mol. The summed E-state index contributed by atoms with van der Waals surface area (Å²) in [5, 5.41) is 0. The van der Waals surface area contributed by atoms with Crippen LogP contribution in [0.1, 0.15) is 342 Å². The smallest absolute Gasteiger partial charge is 0.306 e. The molecule has 0 aromatic rings. The first kappa shape index (κ1) is 72.1. The molecular formula is C69H124O6. The summed E-state index contributed by atoms with van der Waals surface area (Å²) in [6.45, 7) is 6.54. The van der Waals surface area contributed by atoms with Crippen molar-refractivity contribution >= 4 is 17.9 Å². The number of carbonyl (C=O) groups excluding carboxylic acids is 3. The van der Waals surface area contributed by atoms with Crippen molar-refractivity contribution in [1.29, 1.82) is 0 Å². The molecule has 0 aliphatic rings. The molecule has 0 saturated heterocycles. The lowest BCUT2D eigenvalue weighted by molar-refractivity contribution is -0.167. The Kier molecular flexibility index (Phi) is 61.2. The molecule has 0 aliphatic carbocycles. The van der Waals surface area contributed by atoms with Crippen LogP contribution < -0.4 is 0 Å². The molecule has 6 heteroatoms. The maximum Gasteiger partial charge on any atom is 0.306 e. The number of hydrogen-bond donors (Lipinski definition) is 0. The average Bonchev–Trinajstić information content (AvgIpc) is 3.41. The zero-order valence-electron chi connectivity index (χ0n) is 50.1. The van der Waals surface area contributed by atoms with Gasteiger partial charge in [-0.3, -0.25) is 14.4 Å². The Balaban J connectivity index is 4.24. The van der Waals surface area contributed by atoms with Crippen LogP contribution in [0.4, 0.5) is 0 Å². The lowest BCUT2D eigenvalue weighted by Gasteiger charge is -2.18. The van der Waals surface area contributed by atoms with Crippen molar-refractivity contribution in [3.63, 3.8) is 0 Å². The fraction of sp³-hybridized carbons (Fsp3) is 0.812. The first-order valence-electron chi connectivity index (χ1n) is 32.8. The van der Waals surface area contributed by atoms with E-state index in [1.807, 2.05) is 0 Å². The van der Waals surface area contributed by atoms with Gasteiger partial charge in [-0.2, -0.15) is 0 Å². The van der Waals surface area contributed by atoms with Gasteiger partial charge >= 0.3 is 17.9 Å². The molecule has 0 rings (SSSR count). The molecule has 0 bridgehead atoms. The summed E-state index contributed by atoms with van der Waals surface area (Å²) in [4.78, 5) is 38.3. The van der Waals surface area contributed by atoms with E-state index in [0.717, 1.165) is 83.5 Å². The molecule has 0 saturated carbocycles. The van der Waals surface area contributed by atoms with E-state index >= 15 is 0 Å². The van der Waals surface area contributed by atoms with E-state index < -0.39 is 6.10 Å². The Morgan fingerprint density at radius 2 is 0.520 bits per heavy atom. The summed E-state index contributed by atoms with van der Waals surface area (Å²) < 4.78 is 16.9. The van der Waals surface area contributed by atoms with Crippen LogP contribution in [0.3, 0.4) is 0 Å². The second-order valence-corrected chi connectivity index (χ2v) is 22.0. The number of allylic oxidation sites excluding steroid dienone is 10. The van der Waals surface area contributed by atoms with Gasteiger partial charge in [0.2, 0.25) is 0 Å². The maximum atomic E-state index is 12.9. The molecule has 0 aromatic carbocycles. The van der Waals surface area contributed by atoms with Crippen LogP contribution in [0.15, 0.2) is 60.8 Å². The predicted octanol–water partition coefficient (Wildman–Crippen LogP) is 22.3. The second kappa shape index (κ2) is 63.6. The van der Waals surface area contributed by atoms with Crippen molar-refractivity contribution in [2.24, 2.45) is 0 Å². The molecule has 0 heterocycles. The Morgan fingerprint density at radius 1 is 0.280 bits per heavy atom. The van der Waals surface area contributed by atoms with E-state index in [0.29, 0.717) is 19.3 Å². The summed E-state index contributed by atoms with van der Waals surface area (Å²) in [7, 11) is 0. The highest BCUT2D eigenvalue weighted by Crippen LogP contribution is 2.17. The van der Waals surface area contributed by atoms with Gasteiger partial charge in [0.1, 0.15) is 13.2 Å². The summed E-state index contributed by atoms with van der Waals surface area (Å²) in [5.41, 5.74) is 0. The number of ether oxygens (including phenoxy) is 3. The van der Waals surface area contributed by atoms with Crippen LogP contribution in [-0.2, 0) is 28.6 Å². The van der Waals surface area contributed by atoms with E-state index in [1.54, 1.807) is 0 Å². The highest BCUT2D eigenvalue weighted by atomic mass is 16.6. The van der Waals surface area contributed by atoms with Crippen LogP contribution in [0, 0.1) is 0 Å². The molecule has 0 radical (unpaired) electrons. The molecule has 0 aliphatic heterocycles. The lowest BCUT2D eigenvalue weighted by Crippen LogP contribution is -2.30. The van der Waals surface area contributed by atoms with Crippen molar-refractivity contribution in [1.82, 2.24) is 0 Å². The standard InChI is InChI=1S/C69H124O6/c1-4-7-10-13-16-19-22-25-27-29-30-31-32-33-34-35-36-37-38-40-41-44-47-50-53-56-59-62-68(71)74-65-66(64-73-67(70)61-58-55-52-49-46-43-24-21-18-15-12-9-6-3)75-69(72)63-60-57-54-51-48-45-42-39-28-26-23-20-17-14-11-8-5-2/h9,12,18,21,26,28-30,43,46,66H,4-8,10-11,13-17,19-20,22-25,27,31-42,44-45,47-65H2,1-3H3/b12-9-,21-18-,28-26-,30-29-,46-43-. The quantitative estimate of drug-likeness (QED) is 0.0261. The van der Waals surface area contributed by atoms with Gasteiger partial charge in [0.15, 0.2) is 6.10 Å². The Hall–Kier alpha value is -2.89. The van der Waals surface area contributed by atoms with Gasteiger partial charge in [-0.15, -0.1) is 0 Å². The average molecular weight is 1050 g/mol. The van der Waals surface area contributed by atoms with Crippen molar-refractivity contribution < 1.29 is 28.6 Å². The predicted molar refractivity (Wildman–Crippen MR) is 325 cm³/mol. The molecular weight excluding hydrogens is 925 g/mol. The molecule has 0 spiro atoms. The normalized spacial score (nSPS) is 12.4. The van der Waals surface area contributed by atoms with Gasteiger partial charge in [0.25, 0.3) is 0 Å².